The molecule has 0 unspecified atom stereocenters. The van der Waals surface area contributed by atoms with E-state index in [2.05, 4.69) is 15.0 Å². The molecule has 1 aromatic rings. The maximum absolute atomic E-state index is 10.5. The van der Waals surface area contributed by atoms with Crippen LogP contribution in [0.2, 0.25) is 5.02 Å². The van der Waals surface area contributed by atoms with Gasteiger partial charge in [0.25, 0.3) is 0 Å². The molecule has 0 aromatic carbocycles. The number of carbonyl (C=O) groups is 1. The summed E-state index contributed by atoms with van der Waals surface area (Å²) in [5, 5.41) is 12.0. The van der Waals surface area contributed by atoms with Crippen molar-refractivity contribution in [1.82, 2.24) is 4.98 Å². The maximum Gasteiger partial charge on any atom is 0.354 e. The molecule has 1 rings (SSSR count). The molecule has 0 saturated carbocycles. The zero-order valence-corrected chi connectivity index (χ0v) is 6.93. The Labute approximate surface area is 77.4 Å². The molecule has 66 valence electrons. The Morgan fingerprint density at radius 1 is 1.77 bits per heavy atom. The van der Waals surface area contributed by atoms with Crippen LogP contribution in [0, 0.1) is 0 Å². The lowest BCUT2D eigenvalue weighted by Crippen LogP contribution is -1.99. The molecule has 0 aliphatic carbocycles. The molecule has 0 radical (unpaired) electrons. The number of pyridine rings is 1. The number of carboxylic acid groups (broad SMARTS) is 1. The van der Waals surface area contributed by atoms with E-state index in [1.807, 2.05) is 0 Å². The number of nitrogens with zero attached hydrogens (tertiary/aromatic N) is 4. The third-order valence-electron chi connectivity index (χ3n) is 1.19. The molecule has 1 N–H and O–H groups in total. The number of carboxylic acids is 1. The molecule has 0 fully saturated rings. The molecular formula is C6H3ClN4O2. The number of rotatable bonds is 2. The first-order chi connectivity index (χ1) is 6.15. The van der Waals surface area contributed by atoms with Crippen LogP contribution in [0.15, 0.2) is 17.4 Å². The van der Waals surface area contributed by atoms with Crippen molar-refractivity contribution in [2.75, 3.05) is 0 Å². The van der Waals surface area contributed by atoms with Crippen LogP contribution >= 0.6 is 11.6 Å². The maximum atomic E-state index is 10.5. The van der Waals surface area contributed by atoms with Crippen molar-refractivity contribution in [1.29, 1.82) is 0 Å². The van der Waals surface area contributed by atoms with Crippen LogP contribution in [0.4, 0.5) is 5.69 Å². The summed E-state index contributed by atoms with van der Waals surface area (Å²) in [4.78, 5) is 16.5. The number of hydrogen-bond donors (Lipinski definition) is 1. The Balaban J connectivity index is 3.34. The molecule has 1 aromatic heterocycles. The molecule has 0 amide bonds. The van der Waals surface area contributed by atoms with Gasteiger partial charge < -0.3 is 5.11 Å². The van der Waals surface area contributed by atoms with Gasteiger partial charge in [-0.05, 0) is 11.6 Å². The van der Waals surface area contributed by atoms with E-state index >= 15 is 0 Å². The summed E-state index contributed by atoms with van der Waals surface area (Å²) in [6.07, 6.45) is 1.17. The van der Waals surface area contributed by atoms with Crippen LogP contribution in [0.25, 0.3) is 10.4 Å². The van der Waals surface area contributed by atoms with Gasteiger partial charge in [-0.3, -0.25) is 0 Å². The number of aromatic nitrogens is 1. The molecule has 7 heteroatoms. The van der Waals surface area contributed by atoms with Gasteiger partial charge in [0.1, 0.15) is 0 Å². The van der Waals surface area contributed by atoms with Crippen molar-refractivity contribution in [3.8, 4) is 0 Å². The predicted octanol–water partition coefficient (Wildman–Crippen LogP) is 2.38. The van der Waals surface area contributed by atoms with Gasteiger partial charge in [-0.2, -0.15) is 0 Å². The fraction of sp³-hybridized carbons (Fsp3) is 0. The highest BCUT2D eigenvalue weighted by molar-refractivity contribution is 6.30. The molecule has 0 spiro atoms. The zero-order valence-electron chi connectivity index (χ0n) is 6.18. The highest BCUT2D eigenvalue weighted by Crippen LogP contribution is 2.21. The Morgan fingerprint density at radius 3 is 3.00 bits per heavy atom. The Hall–Kier alpha value is -1.78. The van der Waals surface area contributed by atoms with Gasteiger partial charge in [-0.15, -0.1) is 0 Å². The van der Waals surface area contributed by atoms with Crippen LogP contribution in [-0.4, -0.2) is 16.1 Å². The van der Waals surface area contributed by atoms with E-state index in [9.17, 15) is 4.79 Å². The summed E-state index contributed by atoms with van der Waals surface area (Å²) in [6.45, 7) is 0. The van der Waals surface area contributed by atoms with E-state index in [0.29, 0.717) is 0 Å². The Bertz CT molecular complexity index is 400. The van der Waals surface area contributed by atoms with E-state index in [1.165, 1.54) is 12.3 Å². The second kappa shape index (κ2) is 3.75. The molecule has 0 aliphatic heterocycles. The number of hydrogen-bond acceptors (Lipinski definition) is 3. The summed E-state index contributed by atoms with van der Waals surface area (Å²) < 4.78 is 0. The van der Waals surface area contributed by atoms with E-state index < -0.39 is 5.97 Å². The first kappa shape index (κ1) is 9.31. The summed E-state index contributed by atoms with van der Waals surface area (Å²) in [6, 6.07) is 1.23. The summed E-state index contributed by atoms with van der Waals surface area (Å²) in [5.41, 5.74) is 7.70. The van der Waals surface area contributed by atoms with Crippen molar-refractivity contribution >= 4 is 23.3 Å². The lowest BCUT2D eigenvalue weighted by atomic mass is 10.3. The summed E-state index contributed by atoms with van der Waals surface area (Å²) >= 11 is 5.52. The third kappa shape index (κ3) is 2.08. The topological polar surface area (TPSA) is 99.0 Å². The van der Waals surface area contributed by atoms with Gasteiger partial charge >= 0.3 is 5.97 Å². The third-order valence-corrected chi connectivity index (χ3v) is 1.40. The van der Waals surface area contributed by atoms with E-state index in [-0.39, 0.29) is 16.4 Å². The van der Waals surface area contributed by atoms with Gasteiger partial charge in [0, 0.05) is 11.1 Å². The summed E-state index contributed by atoms with van der Waals surface area (Å²) in [5.74, 6) is -1.26. The van der Waals surface area contributed by atoms with E-state index in [1.54, 1.807) is 0 Å². The first-order valence-corrected chi connectivity index (χ1v) is 3.47. The first-order valence-electron chi connectivity index (χ1n) is 3.09. The average Bonchev–Trinajstić information content (AvgIpc) is 2.04. The van der Waals surface area contributed by atoms with Crippen LogP contribution in [0.3, 0.4) is 0 Å². The van der Waals surface area contributed by atoms with Crippen molar-refractivity contribution in [2.24, 2.45) is 5.11 Å². The largest absolute Gasteiger partial charge is 0.477 e. The van der Waals surface area contributed by atoms with Gasteiger partial charge in [-0.25, -0.2) is 9.78 Å². The monoisotopic (exact) mass is 198 g/mol. The van der Waals surface area contributed by atoms with Gasteiger partial charge in [0.05, 0.1) is 10.7 Å². The standard InChI is InChI=1S/C6H3ClN4O2/c7-3-1-4(10-11-8)5(6(12)13)9-2-3/h1-2H,(H,12,13). The fourth-order valence-corrected chi connectivity index (χ4v) is 0.870. The molecule has 13 heavy (non-hydrogen) atoms. The van der Waals surface area contributed by atoms with E-state index in [4.69, 9.17) is 22.2 Å². The van der Waals surface area contributed by atoms with Crippen LogP contribution in [-0.2, 0) is 0 Å². The van der Waals surface area contributed by atoms with Crippen molar-refractivity contribution in [3.05, 3.63) is 33.4 Å². The molecular weight excluding hydrogens is 196 g/mol. The predicted molar refractivity (Wildman–Crippen MR) is 45.0 cm³/mol. The average molecular weight is 199 g/mol. The number of azide groups is 1. The number of aromatic carboxylic acids is 1. The molecule has 6 nitrogen and oxygen atoms in total. The van der Waals surface area contributed by atoms with Gasteiger partial charge in [-0.1, -0.05) is 16.7 Å². The molecule has 0 bridgehead atoms. The Morgan fingerprint density at radius 2 is 2.46 bits per heavy atom. The normalized spacial score (nSPS) is 9.00. The van der Waals surface area contributed by atoms with Crippen molar-refractivity contribution in [2.45, 2.75) is 0 Å². The zero-order chi connectivity index (χ0) is 9.84. The molecule has 0 saturated heterocycles. The number of halogens is 1. The second-order valence-corrected chi connectivity index (χ2v) is 2.45. The second-order valence-electron chi connectivity index (χ2n) is 2.02. The van der Waals surface area contributed by atoms with Gasteiger partial charge in [0.2, 0.25) is 0 Å². The minimum atomic E-state index is -1.26. The van der Waals surface area contributed by atoms with Crippen molar-refractivity contribution in [3.63, 3.8) is 0 Å². The van der Waals surface area contributed by atoms with Gasteiger partial charge in [0.15, 0.2) is 5.69 Å². The fourth-order valence-electron chi connectivity index (χ4n) is 0.718. The van der Waals surface area contributed by atoms with Crippen LogP contribution in [0.5, 0.6) is 0 Å². The van der Waals surface area contributed by atoms with Crippen LogP contribution < -0.4 is 0 Å². The highest BCUT2D eigenvalue weighted by Gasteiger charge is 2.10. The minimum absolute atomic E-state index is 0.0949. The molecule has 0 atom stereocenters. The lowest BCUT2D eigenvalue weighted by molar-refractivity contribution is 0.0691. The van der Waals surface area contributed by atoms with Crippen LogP contribution in [0.1, 0.15) is 10.5 Å². The smallest absolute Gasteiger partial charge is 0.354 e. The Kier molecular flexibility index (Phi) is 2.69. The SMILES string of the molecule is [N-]=[N+]=Nc1cc(Cl)cnc1C(=O)O. The quantitative estimate of drug-likeness (QED) is 0.449. The summed E-state index contributed by atoms with van der Waals surface area (Å²) in [7, 11) is 0. The molecule has 1 heterocycles. The van der Waals surface area contributed by atoms with E-state index in [0.717, 1.165) is 0 Å². The highest BCUT2D eigenvalue weighted by atomic mass is 35.5. The van der Waals surface area contributed by atoms with Crippen molar-refractivity contribution < 1.29 is 9.90 Å². The molecule has 0 aliphatic rings. The lowest BCUT2D eigenvalue weighted by Gasteiger charge is -1.97. The minimum Gasteiger partial charge on any atom is -0.477 e.